The van der Waals surface area contributed by atoms with Crippen LogP contribution in [0.2, 0.25) is 0 Å². The molecule has 8 nitrogen and oxygen atoms in total. The van der Waals surface area contributed by atoms with Gasteiger partial charge in [-0.3, -0.25) is 9.59 Å². The number of pyridine rings is 2. The van der Waals surface area contributed by atoms with Crippen LogP contribution in [-0.2, 0) is 11.3 Å². The predicted molar refractivity (Wildman–Crippen MR) is 124 cm³/mol. The van der Waals surface area contributed by atoms with Gasteiger partial charge in [0.2, 0.25) is 17.2 Å². The van der Waals surface area contributed by atoms with Gasteiger partial charge in [0.25, 0.3) is 5.89 Å². The molecule has 0 unspecified atom stereocenters. The average molecular weight is 473 g/mol. The van der Waals surface area contributed by atoms with E-state index in [4.69, 9.17) is 4.52 Å². The standard InChI is InChI=1S/C25H17F2N5O3/c1-14-9-10-17-22(34)18(25-30-23(31-35-25)15-5-4-6-16(26)11-15)12-32(24(17)28-14)13-21(33)29-20-8-3-2-7-19(20)27/h2-12H,13H2,1H3,(H,29,33). The largest absolute Gasteiger partial charge is 0.333 e. The number of fused-ring (bicyclic) bond motifs is 1. The molecule has 0 radical (unpaired) electrons. The van der Waals surface area contributed by atoms with E-state index < -0.39 is 23.0 Å². The van der Waals surface area contributed by atoms with Gasteiger partial charge in [-0.15, -0.1) is 0 Å². The fourth-order valence-corrected chi connectivity index (χ4v) is 3.62. The van der Waals surface area contributed by atoms with Gasteiger partial charge in [-0.2, -0.15) is 4.98 Å². The van der Waals surface area contributed by atoms with Crippen molar-refractivity contribution in [3.8, 4) is 22.8 Å². The highest BCUT2D eigenvalue weighted by Crippen LogP contribution is 2.23. The lowest BCUT2D eigenvalue weighted by Gasteiger charge is -2.12. The van der Waals surface area contributed by atoms with Gasteiger partial charge in [-0.1, -0.05) is 29.4 Å². The summed E-state index contributed by atoms with van der Waals surface area (Å²) in [6.45, 7) is 1.49. The Kier molecular flexibility index (Phi) is 5.61. The SMILES string of the molecule is Cc1ccc2c(=O)c(-c3nc(-c4cccc(F)c4)no3)cn(CC(=O)Nc3ccccc3F)c2n1. The molecule has 1 N–H and O–H groups in total. The molecule has 3 heterocycles. The number of carbonyl (C=O) groups is 1. The highest BCUT2D eigenvalue weighted by Gasteiger charge is 2.19. The van der Waals surface area contributed by atoms with Crippen molar-refractivity contribution in [2.24, 2.45) is 0 Å². The van der Waals surface area contributed by atoms with Crippen molar-refractivity contribution in [3.05, 3.63) is 94.4 Å². The normalized spacial score (nSPS) is 11.1. The zero-order chi connectivity index (χ0) is 24.5. The molecule has 0 saturated heterocycles. The van der Waals surface area contributed by atoms with Gasteiger partial charge in [-0.05, 0) is 43.3 Å². The Bertz CT molecular complexity index is 1640. The molecular formula is C25H17F2N5O3. The molecule has 0 fully saturated rings. The van der Waals surface area contributed by atoms with Gasteiger partial charge >= 0.3 is 0 Å². The number of nitrogens with zero attached hydrogens (tertiary/aromatic N) is 4. The second-order valence-corrected chi connectivity index (χ2v) is 7.79. The van der Waals surface area contributed by atoms with Crippen molar-refractivity contribution >= 4 is 22.6 Å². The molecule has 0 saturated carbocycles. The highest BCUT2D eigenvalue weighted by molar-refractivity contribution is 5.92. The second-order valence-electron chi connectivity index (χ2n) is 7.79. The van der Waals surface area contributed by atoms with Gasteiger partial charge in [0.05, 0.1) is 11.1 Å². The Labute approximate surface area is 196 Å². The number of amides is 1. The number of benzene rings is 2. The number of nitrogens with one attached hydrogen (secondary N) is 1. The van der Waals surface area contributed by atoms with E-state index in [2.05, 4.69) is 20.4 Å². The summed E-state index contributed by atoms with van der Waals surface area (Å²) < 4.78 is 34.3. The molecule has 2 aromatic carbocycles. The number of para-hydroxylation sites is 1. The van der Waals surface area contributed by atoms with Crippen LogP contribution in [0.5, 0.6) is 0 Å². The van der Waals surface area contributed by atoms with Gasteiger partial charge in [-0.25, -0.2) is 13.8 Å². The summed E-state index contributed by atoms with van der Waals surface area (Å²) in [7, 11) is 0. The first kappa shape index (κ1) is 22.1. The number of anilines is 1. The Balaban J connectivity index is 1.57. The quantitative estimate of drug-likeness (QED) is 0.407. The molecule has 35 heavy (non-hydrogen) atoms. The fourth-order valence-electron chi connectivity index (χ4n) is 3.62. The molecule has 0 aliphatic carbocycles. The third-order valence-corrected chi connectivity index (χ3v) is 5.26. The number of rotatable bonds is 5. The van der Waals surface area contributed by atoms with Crippen LogP contribution in [-0.4, -0.2) is 25.6 Å². The van der Waals surface area contributed by atoms with Gasteiger partial charge in [0.1, 0.15) is 29.4 Å². The van der Waals surface area contributed by atoms with Gasteiger partial charge in [0, 0.05) is 17.5 Å². The maximum absolute atomic E-state index is 14.0. The van der Waals surface area contributed by atoms with E-state index in [0.717, 1.165) is 0 Å². The molecular weight excluding hydrogens is 456 g/mol. The molecule has 0 spiro atoms. The zero-order valence-corrected chi connectivity index (χ0v) is 18.3. The lowest BCUT2D eigenvalue weighted by Crippen LogP contribution is -2.22. The van der Waals surface area contributed by atoms with Gasteiger partial charge < -0.3 is 14.4 Å². The van der Waals surface area contributed by atoms with Crippen LogP contribution in [0.1, 0.15) is 5.69 Å². The highest BCUT2D eigenvalue weighted by atomic mass is 19.1. The van der Waals surface area contributed by atoms with Crippen LogP contribution in [0.25, 0.3) is 33.9 Å². The van der Waals surface area contributed by atoms with Crippen molar-refractivity contribution in [1.29, 1.82) is 0 Å². The van der Waals surface area contributed by atoms with E-state index in [9.17, 15) is 18.4 Å². The number of hydrogen-bond acceptors (Lipinski definition) is 6. The van der Waals surface area contributed by atoms with Crippen LogP contribution < -0.4 is 10.7 Å². The van der Waals surface area contributed by atoms with E-state index >= 15 is 0 Å². The molecule has 0 bridgehead atoms. The zero-order valence-electron chi connectivity index (χ0n) is 18.3. The first-order valence-electron chi connectivity index (χ1n) is 10.5. The summed E-state index contributed by atoms with van der Waals surface area (Å²) >= 11 is 0. The lowest BCUT2D eigenvalue weighted by molar-refractivity contribution is -0.116. The molecule has 5 aromatic rings. The van der Waals surface area contributed by atoms with E-state index in [0.29, 0.717) is 11.3 Å². The Morgan fingerprint density at radius 3 is 2.69 bits per heavy atom. The second kappa shape index (κ2) is 8.90. The Morgan fingerprint density at radius 1 is 1.06 bits per heavy atom. The van der Waals surface area contributed by atoms with E-state index in [1.165, 1.54) is 47.2 Å². The van der Waals surface area contributed by atoms with Crippen LogP contribution in [0, 0.1) is 18.6 Å². The molecule has 1 amide bonds. The Morgan fingerprint density at radius 2 is 1.89 bits per heavy atom. The molecule has 0 atom stereocenters. The average Bonchev–Trinajstić information content (AvgIpc) is 3.32. The smallest absolute Gasteiger partial charge is 0.263 e. The Hall–Kier alpha value is -4.73. The van der Waals surface area contributed by atoms with Crippen LogP contribution in [0.4, 0.5) is 14.5 Å². The van der Waals surface area contributed by atoms with Gasteiger partial charge in [0.15, 0.2) is 0 Å². The summed E-state index contributed by atoms with van der Waals surface area (Å²) in [6, 6.07) is 14.7. The minimum Gasteiger partial charge on any atom is -0.333 e. The molecule has 174 valence electrons. The minimum absolute atomic E-state index is 0.0313. The number of aryl methyl sites for hydroxylation is 1. The van der Waals surface area contributed by atoms with Crippen molar-refractivity contribution in [2.45, 2.75) is 13.5 Å². The third kappa shape index (κ3) is 4.41. The molecule has 10 heteroatoms. The van der Waals surface area contributed by atoms with Crippen molar-refractivity contribution < 1.29 is 18.1 Å². The molecule has 0 aliphatic rings. The predicted octanol–water partition coefficient (Wildman–Crippen LogP) is 4.34. The summed E-state index contributed by atoms with van der Waals surface area (Å²) in [4.78, 5) is 34.6. The van der Waals surface area contributed by atoms with E-state index in [-0.39, 0.29) is 40.5 Å². The number of carbonyl (C=O) groups excluding carboxylic acids is 1. The van der Waals surface area contributed by atoms with Crippen molar-refractivity contribution in [1.82, 2.24) is 19.7 Å². The third-order valence-electron chi connectivity index (χ3n) is 5.26. The summed E-state index contributed by atoms with van der Waals surface area (Å²) in [5.74, 6) is -1.56. The summed E-state index contributed by atoms with van der Waals surface area (Å²) in [5, 5.41) is 6.61. The fraction of sp³-hybridized carbons (Fsp3) is 0.0800. The number of aromatic nitrogens is 4. The maximum Gasteiger partial charge on any atom is 0.263 e. The monoisotopic (exact) mass is 473 g/mol. The minimum atomic E-state index is -0.573. The first-order valence-corrected chi connectivity index (χ1v) is 10.5. The molecule has 3 aromatic heterocycles. The summed E-state index contributed by atoms with van der Waals surface area (Å²) in [5.41, 5.74) is 0.933. The van der Waals surface area contributed by atoms with Crippen LogP contribution in [0.15, 0.2) is 76.2 Å². The van der Waals surface area contributed by atoms with E-state index in [1.54, 1.807) is 31.2 Å². The topological polar surface area (TPSA) is 103 Å². The molecule has 0 aliphatic heterocycles. The number of hydrogen-bond donors (Lipinski definition) is 1. The summed E-state index contributed by atoms with van der Waals surface area (Å²) in [6.07, 6.45) is 1.39. The molecule has 5 rings (SSSR count). The maximum atomic E-state index is 14.0. The van der Waals surface area contributed by atoms with Crippen LogP contribution >= 0.6 is 0 Å². The van der Waals surface area contributed by atoms with Crippen molar-refractivity contribution in [3.63, 3.8) is 0 Å². The van der Waals surface area contributed by atoms with Crippen molar-refractivity contribution in [2.75, 3.05) is 5.32 Å². The van der Waals surface area contributed by atoms with Crippen LogP contribution in [0.3, 0.4) is 0 Å². The number of halogens is 2. The lowest BCUT2D eigenvalue weighted by atomic mass is 10.1. The first-order chi connectivity index (χ1) is 16.9. The van der Waals surface area contributed by atoms with E-state index in [1.807, 2.05) is 0 Å².